The Morgan fingerprint density at radius 3 is 2.70 bits per heavy atom. The minimum atomic E-state index is -0.955. The van der Waals surface area contributed by atoms with E-state index in [1.807, 2.05) is 0 Å². The van der Waals surface area contributed by atoms with E-state index in [-0.39, 0.29) is 19.1 Å². The topological polar surface area (TPSA) is 58.6 Å². The highest BCUT2D eigenvalue weighted by molar-refractivity contribution is 6.34. The lowest BCUT2D eigenvalue weighted by Crippen LogP contribution is -2.42. The van der Waals surface area contributed by atoms with Crippen molar-refractivity contribution in [3.05, 3.63) is 39.9 Å². The van der Waals surface area contributed by atoms with E-state index in [9.17, 15) is 9.90 Å². The van der Waals surface area contributed by atoms with Crippen LogP contribution in [0.15, 0.2) is 24.3 Å². The van der Waals surface area contributed by atoms with Gasteiger partial charge in [0.1, 0.15) is 5.60 Å². The zero-order valence-electron chi connectivity index (χ0n) is 10.7. The predicted molar refractivity (Wildman–Crippen MR) is 78.9 cm³/mol. The Labute approximate surface area is 127 Å². The summed E-state index contributed by atoms with van der Waals surface area (Å²) in [7, 11) is 0. The Bertz CT molecular complexity index is 505. The number of carbonyl (C=O) groups excluding carboxylic acids is 1. The Balaban J connectivity index is 1.89. The number of nitrogens with one attached hydrogen (secondary N) is 1. The Morgan fingerprint density at radius 2 is 2.10 bits per heavy atom. The van der Waals surface area contributed by atoms with Crippen LogP contribution in [0.4, 0.5) is 0 Å². The molecule has 0 aliphatic carbocycles. The van der Waals surface area contributed by atoms with Gasteiger partial charge in [0.15, 0.2) is 0 Å². The van der Waals surface area contributed by atoms with Crippen molar-refractivity contribution in [1.82, 2.24) is 5.32 Å². The summed E-state index contributed by atoms with van der Waals surface area (Å²) in [5.74, 6) is -0.290. The first-order valence-electron chi connectivity index (χ1n) is 6.19. The monoisotopic (exact) mass is 315 g/mol. The van der Waals surface area contributed by atoms with E-state index in [0.29, 0.717) is 23.1 Å². The zero-order chi connectivity index (χ0) is 14.6. The average Bonchev–Trinajstić information content (AvgIpc) is 2.80. The fraction of sp³-hybridized carbons (Fsp3) is 0.357. The van der Waals surface area contributed by atoms with E-state index in [4.69, 9.17) is 27.9 Å². The first-order chi connectivity index (χ1) is 9.47. The Hall–Kier alpha value is -1.07. The van der Waals surface area contributed by atoms with E-state index < -0.39 is 5.60 Å². The lowest BCUT2D eigenvalue weighted by molar-refractivity contribution is -0.117. The van der Waals surface area contributed by atoms with Gasteiger partial charge in [0.2, 0.25) is 5.91 Å². The number of hydrogen-bond acceptors (Lipinski definition) is 3. The molecule has 1 aromatic carbocycles. The molecule has 0 aromatic heterocycles. The van der Waals surface area contributed by atoms with Gasteiger partial charge in [0.25, 0.3) is 0 Å². The highest BCUT2D eigenvalue weighted by Gasteiger charge is 2.32. The molecule has 0 saturated carbocycles. The normalized spacial score (nSPS) is 22.4. The van der Waals surface area contributed by atoms with Crippen molar-refractivity contribution >= 4 is 35.2 Å². The lowest BCUT2D eigenvalue weighted by atomic mass is 10.0. The minimum absolute atomic E-state index is 0.173. The van der Waals surface area contributed by atoms with Crippen LogP contribution >= 0.6 is 23.2 Å². The van der Waals surface area contributed by atoms with E-state index in [2.05, 4.69) is 5.32 Å². The van der Waals surface area contributed by atoms with Crippen molar-refractivity contribution in [2.75, 3.05) is 19.8 Å². The Kier molecular flexibility index (Phi) is 5.05. The molecular weight excluding hydrogens is 301 g/mol. The maximum Gasteiger partial charge on any atom is 0.244 e. The first kappa shape index (κ1) is 15.3. The SMILES string of the molecule is O=C(/C=C/c1cc(Cl)cc(Cl)c1)NCC1(O)CCOC1. The molecule has 2 rings (SSSR count). The molecule has 4 nitrogen and oxygen atoms in total. The first-order valence-corrected chi connectivity index (χ1v) is 6.95. The number of rotatable bonds is 4. The molecular formula is C14H15Cl2NO3. The number of benzene rings is 1. The smallest absolute Gasteiger partial charge is 0.244 e. The summed E-state index contributed by atoms with van der Waals surface area (Å²) < 4.78 is 5.10. The molecule has 1 heterocycles. The van der Waals surface area contributed by atoms with Gasteiger partial charge < -0.3 is 15.2 Å². The molecule has 1 aromatic rings. The number of hydrogen-bond donors (Lipinski definition) is 2. The quantitative estimate of drug-likeness (QED) is 0.838. The van der Waals surface area contributed by atoms with Crippen LogP contribution in [0.5, 0.6) is 0 Å². The van der Waals surface area contributed by atoms with Crippen LogP contribution < -0.4 is 5.32 Å². The molecule has 2 N–H and O–H groups in total. The van der Waals surface area contributed by atoms with Gasteiger partial charge in [-0.1, -0.05) is 23.2 Å². The summed E-state index contributed by atoms with van der Waals surface area (Å²) in [5, 5.41) is 13.7. The van der Waals surface area contributed by atoms with Crippen LogP contribution in [0.2, 0.25) is 10.0 Å². The molecule has 1 aliphatic heterocycles. The van der Waals surface area contributed by atoms with E-state index >= 15 is 0 Å². The maximum atomic E-state index is 11.7. The molecule has 1 aliphatic rings. The van der Waals surface area contributed by atoms with Crippen LogP contribution in [0, 0.1) is 0 Å². The average molecular weight is 316 g/mol. The molecule has 6 heteroatoms. The number of amides is 1. The summed E-state index contributed by atoms with van der Waals surface area (Å²) in [5.41, 5.74) is -0.219. The summed E-state index contributed by atoms with van der Waals surface area (Å²) in [6.07, 6.45) is 3.52. The summed E-state index contributed by atoms with van der Waals surface area (Å²) in [6.45, 7) is 0.941. The third-order valence-electron chi connectivity index (χ3n) is 2.99. The van der Waals surface area contributed by atoms with Gasteiger partial charge in [0, 0.05) is 35.7 Å². The van der Waals surface area contributed by atoms with Crippen molar-refractivity contribution < 1.29 is 14.6 Å². The van der Waals surface area contributed by atoms with Crippen molar-refractivity contribution in [3.8, 4) is 0 Å². The summed E-state index contributed by atoms with van der Waals surface area (Å²) >= 11 is 11.7. The second-order valence-electron chi connectivity index (χ2n) is 4.78. The fourth-order valence-electron chi connectivity index (χ4n) is 1.89. The van der Waals surface area contributed by atoms with Crippen LogP contribution in [0.3, 0.4) is 0 Å². The molecule has 1 fully saturated rings. The predicted octanol–water partition coefficient (Wildman–Crippen LogP) is 2.27. The molecule has 108 valence electrons. The molecule has 1 unspecified atom stereocenters. The molecule has 0 spiro atoms. The molecule has 0 radical (unpaired) electrons. The highest BCUT2D eigenvalue weighted by Crippen LogP contribution is 2.20. The maximum absolute atomic E-state index is 11.7. The van der Waals surface area contributed by atoms with Crippen molar-refractivity contribution in [3.63, 3.8) is 0 Å². The van der Waals surface area contributed by atoms with Crippen LogP contribution in [0.1, 0.15) is 12.0 Å². The van der Waals surface area contributed by atoms with Crippen molar-refractivity contribution in [1.29, 1.82) is 0 Å². The Morgan fingerprint density at radius 1 is 1.40 bits per heavy atom. The van der Waals surface area contributed by atoms with Crippen LogP contribution in [-0.2, 0) is 9.53 Å². The molecule has 1 amide bonds. The standard InChI is InChI=1S/C14H15Cl2NO3/c15-11-5-10(6-12(16)7-11)1-2-13(18)17-8-14(19)3-4-20-9-14/h1-2,5-7,19H,3-4,8-9H2,(H,17,18)/b2-1+. The second kappa shape index (κ2) is 6.59. The molecule has 1 saturated heterocycles. The van der Waals surface area contributed by atoms with Gasteiger partial charge in [-0.25, -0.2) is 0 Å². The minimum Gasteiger partial charge on any atom is -0.386 e. The van der Waals surface area contributed by atoms with Crippen molar-refractivity contribution in [2.24, 2.45) is 0 Å². The van der Waals surface area contributed by atoms with Crippen LogP contribution in [0.25, 0.3) is 6.08 Å². The van der Waals surface area contributed by atoms with Gasteiger partial charge >= 0.3 is 0 Å². The zero-order valence-corrected chi connectivity index (χ0v) is 12.2. The lowest BCUT2D eigenvalue weighted by Gasteiger charge is -2.19. The van der Waals surface area contributed by atoms with Gasteiger partial charge in [-0.2, -0.15) is 0 Å². The third kappa shape index (κ3) is 4.49. The van der Waals surface area contributed by atoms with E-state index in [1.54, 1.807) is 24.3 Å². The number of ether oxygens (including phenoxy) is 1. The number of carbonyl (C=O) groups is 1. The largest absolute Gasteiger partial charge is 0.386 e. The van der Waals surface area contributed by atoms with Crippen molar-refractivity contribution in [2.45, 2.75) is 12.0 Å². The fourth-order valence-corrected chi connectivity index (χ4v) is 2.43. The van der Waals surface area contributed by atoms with Gasteiger partial charge in [-0.15, -0.1) is 0 Å². The van der Waals surface area contributed by atoms with Gasteiger partial charge in [-0.05, 0) is 29.8 Å². The number of aliphatic hydroxyl groups is 1. The summed E-state index contributed by atoms with van der Waals surface area (Å²) in [4.78, 5) is 11.7. The molecule has 1 atom stereocenters. The molecule has 20 heavy (non-hydrogen) atoms. The number of halogens is 2. The van der Waals surface area contributed by atoms with Gasteiger partial charge in [0.05, 0.1) is 6.61 Å². The van der Waals surface area contributed by atoms with E-state index in [1.165, 1.54) is 6.08 Å². The van der Waals surface area contributed by atoms with Crippen LogP contribution in [-0.4, -0.2) is 36.4 Å². The second-order valence-corrected chi connectivity index (χ2v) is 5.65. The molecule has 0 bridgehead atoms. The van der Waals surface area contributed by atoms with Gasteiger partial charge in [-0.3, -0.25) is 4.79 Å². The third-order valence-corrected chi connectivity index (χ3v) is 3.42. The highest BCUT2D eigenvalue weighted by atomic mass is 35.5. The summed E-state index contributed by atoms with van der Waals surface area (Å²) in [6, 6.07) is 5.03. The van der Waals surface area contributed by atoms with E-state index in [0.717, 1.165) is 5.56 Å².